The van der Waals surface area contributed by atoms with E-state index in [0.29, 0.717) is 46.1 Å². The molecule has 11 heteroatoms. The summed E-state index contributed by atoms with van der Waals surface area (Å²) in [6, 6.07) is 14.1. The van der Waals surface area contributed by atoms with Gasteiger partial charge in [0.15, 0.2) is 0 Å². The van der Waals surface area contributed by atoms with Crippen LogP contribution >= 0.6 is 0 Å². The molecule has 0 aliphatic carbocycles. The van der Waals surface area contributed by atoms with Crippen LogP contribution in [0, 0.1) is 5.41 Å². The molecule has 11 nitrogen and oxygen atoms in total. The Balaban J connectivity index is 1.61. The number of benzene rings is 2. The van der Waals surface area contributed by atoms with Gasteiger partial charge in [0.2, 0.25) is 0 Å². The van der Waals surface area contributed by atoms with Crippen LogP contribution in [-0.4, -0.2) is 100 Å². The van der Waals surface area contributed by atoms with Gasteiger partial charge in [-0.3, -0.25) is 4.79 Å². The van der Waals surface area contributed by atoms with Crippen LogP contribution in [0.2, 0.25) is 0 Å². The molecule has 49 heavy (non-hydrogen) atoms. The molecule has 0 unspecified atom stereocenters. The summed E-state index contributed by atoms with van der Waals surface area (Å²) in [6.07, 6.45) is 0.881. The van der Waals surface area contributed by atoms with Gasteiger partial charge < -0.3 is 43.3 Å². The van der Waals surface area contributed by atoms with Gasteiger partial charge in [0, 0.05) is 39.3 Å². The third kappa shape index (κ3) is 11.1. The average molecular weight is 685 g/mol. The van der Waals surface area contributed by atoms with Crippen molar-refractivity contribution in [2.75, 3.05) is 65.2 Å². The van der Waals surface area contributed by atoms with Crippen LogP contribution in [0.1, 0.15) is 76.5 Å². The van der Waals surface area contributed by atoms with E-state index in [2.05, 4.69) is 35.2 Å². The maximum absolute atomic E-state index is 13.7. The molecular formula is C38H56N2O9. The Morgan fingerprint density at radius 2 is 1.65 bits per heavy atom. The van der Waals surface area contributed by atoms with Crippen molar-refractivity contribution in [3.63, 3.8) is 0 Å². The first-order valence-corrected chi connectivity index (χ1v) is 17.3. The van der Waals surface area contributed by atoms with Gasteiger partial charge in [0.05, 0.1) is 56.7 Å². The number of nitrogens with zero attached hydrogens (tertiary/aromatic N) is 2. The second kappa shape index (κ2) is 17.5. The van der Waals surface area contributed by atoms with Crippen LogP contribution in [0.25, 0.3) is 0 Å². The third-order valence-electron chi connectivity index (χ3n) is 9.08. The first kappa shape index (κ1) is 38.4. The Labute approximate surface area is 291 Å². The number of carbonyl (C=O) groups excluding carboxylic acids is 1. The fourth-order valence-corrected chi connectivity index (χ4v) is 6.41. The zero-order valence-electron chi connectivity index (χ0n) is 30.4. The number of rotatable bonds is 16. The van der Waals surface area contributed by atoms with Gasteiger partial charge in [0.25, 0.3) is 0 Å². The molecule has 272 valence electrons. The van der Waals surface area contributed by atoms with E-state index in [1.807, 2.05) is 32.9 Å². The number of hydrogen-bond donors (Lipinski definition) is 1. The molecular weight excluding hydrogens is 628 g/mol. The number of methoxy groups -OCH3 is 2. The molecule has 2 aromatic rings. The van der Waals surface area contributed by atoms with Gasteiger partial charge >= 0.3 is 12.1 Å². The van der Waals surface area contributed by atoms with Crippen molar-refractivity contribution in [3.05, 3.63) is 59.2 Å². The summed E-state index contributed by atoms with van der Waals surface area (Å²) in [4.78, 5) is 29.9. The molecule has 0 saturated carbocycles. The van der Waals surface area contributed by atoms with E-state index in [0.717, 1.165) is 47.6 Å². The Hall–Kier alpha value is -3.38. The highest BCUT2D eigenvalue weighted by Gasteiger charge is 2.44. The van der Waals surface area contributed by atoms with Crippen molar-refractivity contribution >= 4 is 17.7 Å². The van der Waals surface area contributed by atoms with E-state index in [-0.39, 0.29) is 31.0 Å². The monoisotopic (exact) mass is 684 g/mol. The number of hydrogen-bond acceptors (Lipinski definition) is 9. The maximum Gasteiger partial charge on any atom is 0.410 e. The minimum Gasteiger partial charge on any atom is -0.490 e. The second-order valence-electron chi connectivity index (χ2n) is 14.6. The number of aliphatic carboxylic acids is 1. The highest BCUT2D eigenvalue weighted by Crippen LogP contribution is 2.40. The minimum absolute atomic E-state index is 0.0942. The number of carboxylic acids is 1. The topological polar surface area (TPSA) is 116 Å². The van der Waals surface area contributed by atoms with E-state index < -0.39 is 23.1 Å². The van der Waals surface area contributed by atoms with E-state index >= 15 is 0 Å². The molecule has 3 atom stereocenters. The van der Waals surface area contributed by atoms with Crippen LogP contribution in [-0.2, 0) is 41.7 Å². The molecule has 2 heterocycles. The second-order valence-corrected chi connectivity index (χ2v) is 14.6. The zero-order chi connectivity index (χ0) is 35.6. The fraction of sp³-hybridized carbons (Fsp3) is 0.632. The van der Waals surface area contributed by atoms with Crippen molar-refractivity contribution in [1.82, 2.24) is 4.90 Å². The van der Waals surface area contributed by atoms with E-state index in [4.69, 9.17) is 28.4 Å². The molecule has 0 bridgehead atoms. The van der Waals surface area contributed by atoms with Gasteiger partial charge in [-0.05, 0) is 82.7 Å². The van der Waals surface area contributed by atoms with Crippen molar-refractivity contribution in [2.45, 2.75) is 90.8 Å². The molecule has 1 N–H and O–H groups in total. The Kier molecular flexibility index (Phi) is 13.7. The lowest BCUT2D eigenvalue weighted by atomic mass is 9.76. The van der Waals surface area contributed by atoms with Gasteiger partial charge in [-0.15, -0.1) is 0 Å². The van der Waals surface area contributed by atoms with Crippen molar-refractivity contribution < 1.29 is 43.1 Å². The molecule has 4 rings (SSSR count). The predicted octanol–water partition coefficient (Wildman–Crippen LogP) is 6.26. The lowest BCUT2D eigenvalue weighted by Crippen LogP contribution is -2.55. The summed E-state index contributed by atoms with van der Waals surface area (Å²) in [5.74, 6) is -0.144. The Bertz CT molecular complexity index is 1360. The van der Waals surface area contributed by atoms with Gasteiger partial charge in [0.1, 0.15) is 18.0 Å². The lowest BCUT2D eigenvalue weighted by Gasteiger charge is -2.45. The van der Waals surface area contributed by atoms with Crippen molar-refractivity contribution in [2.24, 2.45) is 5.41 Å². The SMILES string of the molecule is COCCCN1CCOc2ccc(CO[C@H]3CN(C(=O)OC(C)(C)C)[C@@H](CC(C)(C)C(=O)O)C[C@@H]3c3ccc(COCCOC)cc3)cc21. The number of fused-ring (bicyclic) bond motifs is 1. The van der Waals surface area contributed by atoms with Crippen molar-refractivity contribution in [3.8, 4) is 5.75 Å². The Morgan fingerprint density at radius 1 is 0.939 bits per heavy atom. The third-order valence-corrected chi connectivity index (χ3v) is 9.08. The Morgan fingerprint density at radius 3 is 2.33 bits per heavy atom. The largest absolute Gasteiger partial charge is 0.490 e. The summed E-state index contributed by atoms with van der Waals surface area (Å²) in [6.45, 7) is 14.0. The average Bonchev–Trinajstić information content (AvgIpc) is 3.05. The van der Waals surface area contributed by atoms with E-state index in [9.17, 15) is 14.7 Å². The summed E-state index contributed by atoms with van der Waals surface area (Å²) < 4.78 is 34.6. The van der Waals surface area contributed by atoms with Gasteiger partial charge in [-0.25, -0.2) is 4.79 Å². The van der Waals surface area contributed by atoms with Crippen LogP contribution in [0.3, 0.4) is 0 Å². The lowest BCUT2D eigenvalue weighted by molar-refractivity contribution is -0.148. The van der Waals surface area contributed by atoms with Crippen LogP contribution in [0.15, 0.2) is 42.5 Å². The number of anilines is 1. The summed E-state index contributed by atoms with van der Waals surface area (Å²) in [5, 5.41) is 10.0. The van der Waals surface area contributed by atoms with E-state index in [1.54, 1.807) is 33.0 Å². The summed E-state index contributed by atoms with van der Waals surface area (Å²) in [7, 11) is 3.36. The summed E-state index contributed by atoms with van der Waals surface area (Å²) >= 11 is 0. The normalized spacial score (nSPS) is 19.7. The smallest absolute Gasteiger partial charge is 0.410 e. The molecule has 0 radical (unpaired) electrons. The molecule has 1 saturated heterocycles. The molecule has 2 aliphatic rings. The first-order valence-electron chi connectivity index (χ1n) is 17.3. The standard InChI is InChI=1S/C38H56N2O9/c1-37(2,3)49-36(43)40-24-34(48-26-28-11-14-33-32(21-28)39(16-18-47-33)15-8-17-44-6)31(22-30(40)23-38(4,5)35(41)42)29-12-9-27(10-13-29)25-46-20-19-45-7/h9-14,21,30-31,34H,8,15-20,22-26H2,1-7H3,(H,41,42)/t30-,31-,34+/m1/s1. The summed E-state index contributed by atoms with van der Waals surface area (Å²) in [5.41, 5.74) is 2.39. The minimum atomic E-state index is -1.05. The quantitative estimate of drug-likeness (QED) is 0.203. The fourth-order valence-electron chi connectivity index (χ4n) is 6.41. The molecule has 1 amide bonds. The molecule has 2 aromatic carbocycles. The number of piperidine rings is 1. The van der Waals surface area contributed by atoms with Crippen LogP contribution < -0.4 is 9.64 Å². The number of ether oxygens (including phenoxy) is 6. The zero-order valence-corrected chi connectivity index (χ0v) is 30.4. The molecule has 2 aliphatic heterocycles. The van der Waals surface area contributed by atoms with Gasteiger partial charge in [-0.2, -0.15) is 0 Å². The molecule has 1 fully saturated rings. The van der Waals surface area contributed by atoms with Crippen LogP contribution in [0.5, 0.6) is 5.75 Å². The number of amides is 1. The van der Waals surface area contributed by atoms with Gasteiger partial charge in [-0.1, -0.05) is 30.3 Å². The van der Waals surface area contributed by atoms with Crippen molar-refractivity contribution in [1.29, 1.82) is 0 Å². The van der Waals surface area contributed by atoms with E-state index in [1.165, 1.54) is 0 Å². The predicted molar refractivity (Wildman–Crippen MR) is 187 cm³/mol. The molecule has 0 spiro atoms. The highest BCUT2D eigenvalue weighted by molar-refractivity contribution is 5.74. The first-order chi connectivity index (χ1) is 23.3. The number of likely N-dealkylation sites (tertiary alicyclic amines) is 1. The highest BCUT2D eigenvalue weighted by atomic mass is 16.6. The maximum atomic E-state index is 13.7. The number of carboxylic acid groups (broad SMARTS) is 1. The number of carbonyl (C=O) groups is 2. The van der Waals surface area contributed by atoms with Crippen LogP contribution in [0.4, 0.5) is 10.5 Å². The molecule has 0 aromatic heterocycles.